The summed E-state index contributed by atoms with van der Waals surface area (Å²) in [6, 6.07) is 20.9. The molecule has 2 aromatic carbocycles. The van der Waals surface area contributed by atoms with E-state index in [1.165, 1.54) is 68.9 Å². The van der Waals surface area contributed by atoms with Crippen LogP contribution in [-0.2, 0) is 71.8 Å². The molecular weight excluding hydrogens is 661 g/mol. The van der Waals surface area contributed by atoms with Crippen LogP contribution in [0.25, 0.3) is 0 Å². The second-order valence-corrected chi connectivity index (χ2v) is 8.59. The maximum Gasteiger partial charge on any atom is 0 e. The van der Waals surface area contributed by atoms with Gasteiger partial charge in [0.25, 0.3) is 0 Å². The van der Waals surface area contributed by atoms with Gasteiger partial charge in [-0.2, -0.15) is 48.7 Å². The van der Waals surface area contributed by atoms with Crippen molar-refractivity contribution in [3.8, 4) is 0 Å². The normalized spacial score (nSPS) is 21.2. The molecule has 0 amide bonds. The van der Waals surface area contributed by atoms with Crippen molar-refractivity contribution in [2.75, 3.05) is 0 Å². The predicted octanol–water partition coefficient (Wildman–Crippen LogP) is 6.37. The maximum absolute atomic E-state index is 3.10. The van der Waals surface area contributed by atoms with Crippen molar-refractivity contribution in [1.82, 2.24) is 0 Å². The summed E-state index contributed by atoms with van der Waals surface area (Å²) in [6.07, 6.45) is 16.4. The summed E-state index contributed by atoms with van der Waals surface area (Å²) in [5.74, 6) is 2.83. The van der Waals surface area contributed by atoms with Crippen LogP contribution in [0, 0.1) is 24.3 Å². The Balaban J connectivity index is 0.00000210. The van der Waals surface area contributed by atoms with E-state index in [2.05, 4.69) is 48.9 Å². The van der Waals surface area contributed by atoms with Crippen molar-refractivity contribution >= 4 is 116 Å². The average Bonchev–Trinajstić information content (AvgIpc) is 2.71. The number of benzene rings is 2. The van der Waals surface area contributed by atoms with Crippen molar-refractivity contribution < 1.29 is 65.4 Å². The summed E-state index contributed by atoms with van der Waals surface area (Å²) in [5.41, 5.74) is 4.36. The summed E-state index contributed by atoms with van der Waals surface area (Å²) in [6.45, 7) is 0. The third-order valence-electron chi connectivity index (χ3n) is 6.72. The zero-order valence-corrected chi connectivity index (χ0v) is 34.7. The monoisotopic (exact) mass is 692 g/mol. The molecule has 2 aliphatic carbocycles. The van der Waals surface area contributed by atoms with Crippen LogP contribution in [0.15, 0.2) is 48.5 Å². The minimum Gasteiger partial charge on any atom is -0.328 e. The van der Waals surface area contributed by atoms with Gasteiger partial charge in [0.1, 0.15) is 0 Å². The molecule has 0 atom stereocenters. The van der Waals surface area contributed by atoms with Crippen LogP contribution >= 0.6 is 0 Å². The van der Waals surface area contributed by atoms with Gasteiger partial charge in [-0.15, -0.1) is 0 Å². The van der Waals surface area contributed by atoms with Gasteiger partial charge in [0.15, 0.2) is 0 Å². The average molecular weight is 693 g/mol. The maximum atomic E-state index is 3.10. The van der Waals surface area contributed by atoms with E-state index in [4.69, 9.17) is 0 Å². The molecule has 0 nitrogen and oxygen atoms in total. The van der Waals surface area contributed by atoms with Crippen LogP contribution in [0.5, 0.6) is 0 Å². The van der Waals surface area contributed by atoms with Gasteiger partial charge in [-0.3, -0.25) is 0 Å². The van der Waals surface area contributed by atoms with Gasteiger partial charge in [-0.1, -0.05) is 37.1 Å². The Kier molecular flexibility index (Phi) is 22.1. The molecule has 0 spiro atoms. The predicted molar refractivity (Wildman–Crippen MR) is 122 cm³/mol. The van der Waals surface area contributed by atoms with Crippen LogP contribution in [0.1, 0.15) is 80.4 Å². The molecule has 0 aromatic heterocycles. The van der Waals surface area contributed by atoms with E-state index in [1.54, 1.807) is 5.56 Å². The van der Waals surface area contributed by atoms with E-state index in [0.717, 1.165) is 24.2 Å². The number of hydrogen-bond donors (Lipinski definition) is 0. The molecule has 0 N–H and O–H groups in total. The first kappa shape index (κ1) is 34.3. The first-order valence-electron chi connectivity index (χ1n) is 10.7. The first-order valence-corrected chi connectivity index (χ1v) is 10.7. The van der Waals surface area contributed by atoms with Crippen LogP contribution in [-0.4, -0.2) is 116 Å². The molecule has 0 bridgehead atoms. The third kappa shape index (κ3) is 11.5. The van der Waals surface area contributed by atoms with Gasteiger partial charge < -0.3 is 6.42 Å². The first-order chi connectivity index (χ1) is 12.9. The largest absolute Gasteiger partial charge is 0.328 e. The molecule has 0 heterocycles. The second kappa shape index (κ2) is 19.4. The van der Waals surface area contributed by atoms with Gasteiger partial charge in [0.2, 0.25) is 0 Å². The van der Waals surface area contributed by atoms with Crippen molar-refractivity contribution in [1.29, 1.82) is 0 Å². The molecular formula is C26H32Rb2Y2-2. The molecule has 4 radical (unpaired) electrons. The number of rotatable bonds is 5. The Morgan fingerprint density at radius 2 is 1.23 bits per heavy atom. The Labute approximate surface area is 333 Å². The summed E-state index contributed by atoms with van der Waals surface area (Å²) >= 11 is 0. The van der Waals surface area contributed by atoms with Crippen molar-refractivity contribution in [3.05, 3.63) is 77.7 Å². The zero-order chi connectivity index (χ0) is 17.6. The quantitative estimate of drug-likeness (QED) is 0.320. The molecule has 2 saturated carbocycles. The van der Waals surface area contributed by atoms with Crippen LogP contribution in [0.4, 0.5) is 0 Å². The Bertz CT molecular complexity index is 661. The standard InChI is InChI=1S/C26H32.2Rb.2Y/c1-3-7-21(8-4-1)19-23-11-15-25(16-12-23)26-17-13-24(14-18-26)20-22-9-5-2-6-10-22;;;;/h1,5-6,9-10,13-14,17-18,21,23,25H,3-4,7-8,11-12,15-16,19-20H2;;;;/q-2;;;;. The third-order valence-corrected chi connectivity index (χ3v) is 6.72. The van der Waals surface area contributed by atoms with Gasteiger partial charge in [0.05, 0.1) is 0 Å². The van der Waals surface area contributed by atoms with Crippen LogP contribution in [0.3, 0.4) is 0 Å². The Morgan fingerprint density at radius 1 is 0.700 bits per heavy atom. The summed E-state index contributed by atoms with van der Waals surface area (Å²) in [4.78, 5) is 0. The second-order valence-electron chi connectivity index (χ2n) is 8.59. The molecule has 30 heavy (non-hydrogen) atoms. The molecule has 2 fully saturated rings. The molecule has 0 unspecified atom stereocenters. The van der Waals surface area contributed by atoms with Crippen molar-refractivity contribution in [2.45, 2.75) is 70.1 Å². The van der Waals surface area contributed by atoms with Crippen LogP contribution < -0.4 is 0 Å². The van der Waals surface area contributed by atoms with E-state index in [-0.39, 0.29) is 182 Å². The molecule has 0 saturated heterocycles. The van der Waals surface area contributed by atoms with Gasteiger partial charge in [-0.05, 0) is 67.4 Å². The van der Waals surface area contributed by atoms with Crippen LogP contribution in [0.2, 0.25) is 0 Å². The molecule has 146 valence electrons. The SMILES string of the molecule is [Rb].[Rb].[Y].[Y].[c-]1ccc(Cc2ccc(C3CCC(CC4CC[CH-]CC4)CC3)cc2)cc1. The fraction of sp³-hybridized carbons (Fsp3) is 0.500. The topological polar surface area (TPSA) is 0 Å². The fourth-order valence-electron chi connectivity index (χ4n) is 5.12. The van der Waals surface area contributed by atoms with E-state index >= 15 is 0 Å². The minimum absolute atomic E-state index is 0. The summed E-state index contributed by atoms with van der Waals surface area (Å²) in [7, 11) is 0. The van der Waals surface area contributed by atoms with E-state index in [1.807, 2.05) is 12.1 Å². The number of hydrogen-bond acceptors (Lipinski definition) is 0. The molecule has 2 aliphatic rings. The van der Waals surface area contributed by atoms with E-state index < -0.39 is 0 Å². The summed E-state index contributed by atoms with van der Waals surface area (Å²) < 4.78 is 0. The van der Waals surface area contributed by atoms with Gasteiger partial charge in [0, 0.05) is 182 Å². The van der Waals surface area contributed by atoms with E-state index in [9.17, 15) is 0 Å². The molecule has 4 heteroatoms. The molecule has 2 aromatic rings. The summed E-state index contributed by atoms with van der Waals surface area (Å²) in [5, 5.41) is 0. The fourth-order valence-corrected chi connectivity index (χ4v) is 5.12. The van der Waals surface area contributed by atoms with E-state index in [0.29, 0.717) is 0 Å². The molecule has 4 rings (SSSR count). The Hall–Kier alpha value is 4.26. The van der Waals surface area contributed by atoms with Gasteiger partial charge in [-0.25, -0.2) is 0 Å². The van der Waals surface area contributed by atoms with Crippen molar-refractivity contribution in [3.63, 3.8) is 0 Å². The Morgan fingerprint density at radius 3 is 1.83 bits per heavy atom. The smallest absolute Gasteiger partial charge is 0 e. The molecule has 0 aliphatic heterocycles. The van der Waals surface area contributed by atoms with Crippen molar-refractivity contribution in [2.24, 2.45) is 11.8 Å². The van der Waals surface area contributed by atoms with Gasteiger partial charge >= 0.3 is 0 Å². The zero-order valence-electron chi connectivity index (χ0n) is 19.2. The minimum atomic E-state index is 0.